The van der Waals surface area contributed by atoms with E-state index in [1.165, 1.54) is 5.56 Å². The van der Waals surface area contributed by atoms with Crippen LogP contribution in [0.15, 0.2) is 54.6 Å². The monoisotopic (exact) mass is 417 g/mol. The van der Waals surface area contributed by atoms with Crippen molar-refractivity contribution in [2.45, 2.75) is 13.8 Å². The van der Waals surface area contributed by atoms with Gasteiger partial charge >= 0.3 is 0 Å². The fraction of sp³-hybridized carbons (Fsp3) is 0.261. The molecule has 1 amide bonds. The van der Waals surface area contributed by atoms with Gasteiger partial charge < -0.3 is 9.80 Å². The average molecular weight is 418 g/mol. The predicted molar refractivity (Wildman–Crippen MR) is 121 cm³/mol. The third-order valence-electron chi connectivity index (χ3n) is 5.48. The maximum Gasteiger partial charge on any atom is 0.253 e. The van der Waals surface area contributed by atoms with Crippen LogP contribution in [0, 0.1) is 13.8 Å². The van der Waals surface area contributed by atoms with Crippen LogP contribution in [0.5, 0.6) is 0 Å². The lowest BCUT2D eigenvalue weighted by atomic mass is 10.2. The van der Waals surface area contributed by atoms with Crippen LogP contribution in [-0.4, -0.2) is 51.8 Å². The molecule has 0 radical (unpaired) electrons. The van der Waals surface area contributed by atoms with E-state index in [9.17, 15) is 4.79 Å². The average Bonchev–Trinajstić information content (AvgIpc) is 3.35. The number of fused-ring (bicyclic) bond motifs is 1. The molecule has 0 unspecified atom stereocenters. The summed E-state index contributed by atoms with van der Waals surface area (Å²) < 4.78 is 3.06. The largest absolute Gasteiger partial charge is 0.344 e. The molecule has 152 valence electrons. The van der Waals surface area contributed by atoms with Crippen molar-refractivity contribution in [2.75, 3.05) is 31.1 Å². The van der Waals surface area contributed by atoms with Crippen LogP contribution >= 0.6 is 11.3 Å². The standard InChI is InChI=1S/C23H23N5OS/c1-16-7-6-10-19(15-16)28-21-20(17(2)25-28)30-23(24-21)27-13-11-26(12-14-27)22(29)18-8-4-3-5-9-18/h3-10,15H,11-14H2,1-2H3. The van der Waals surface area contributed by atoms with E-state index < -0.39 is 0 Å². The molecule has 4 aromatic rings. The number of aromatic nitrogens is 3. The minimum atomic E-state index is 0.102. The van der Waals surface area contributed by atoms with E-state index in [1.807, 2.05) is 52.9 Å². The Hall–Kier alpha value is -3.19. The van der Waals surface area contributed by atoms with Crippen molar-refractivity contribution in [3.63, 3.8) is 0 Å². The molecule has 3 heterocycles. The van der Waals surface area contributed by atoms with Crippen molar-refractivity contribution < 1.29 is 4.79 Å². The Kier molecular flexibility index (Phi) is 4.75. The third kappa shape index (κ3) is 3.35. The number of carbonyl (C=O) groups is 1. The van der Waals surface area contributed by atoms with Crippen molar-refractivity contribution >= 4 is 32.7 Å². The highest BCUT2D eigenvalue weighted by atomic mass is 32.1. The number of carbonyl (C=O) groups excluding carboxylic acids is 1. The number of nitrogens with zero attached hydrogens (tertiary/aromatic N) is 5. The third-order valence-corrected chi connectivity index (χ3v) is 6.70. The van der Waals surface area contributed by atoms with Gasteiger partial charge in [0.05, 0.1) is 16.1 Å². The maximum absolute atomic E-state index is 12.7. The van der Waals surface area contributed by atoms with Crippen molar-refractivity contribution in [3.05, 3.63) is 71.4 Å². The van der Waals surface area contributed by atoms with Crippen molar-refractivity contribution in [1.82, 2.24) is 19.7 Å². The number of rotatable bonds is 3. The number of hydrogen-bond donors (Lipinski definition) is 0. The van der Waals surface area contributed by atoms with Gasteiger partial charge in [-0.15, -0.1) is 0 Å². The van der Waals surface area contributed by atoms with E-state index in [0.717, 1.165) is 45.5 Å². The number of thiazole rings is 1. The predicted octanol–water partition coefficient (Wildman–Crippen LogP) is 4.06. The van der Waals surface area contributed by atoms with Gasteiger partial charge in [-0.2, -0.15) is 10.1 Å². The molecular formula is C23H23N5OS. The number of piperazine rings is 1. The number of benzene rings is 2. The highest BCUT2D eigenvalue weighted by Gasteiger charge is 2.25. The van der Waals surface area contributed by atoms with Crippen LogP contribution in [0.3, 0.4) is 0 Å². The summed E-state index contributed by atoms with van der Waals surface area (Å²) in [7, 11) is 0. The summed E-state index contributed by atoms with van der Waals surface area (Å²) in [6, 6.07) is 17.8. The Morgan fingerprint density at radius 2 is 1.73 bits per heavy atom. The number of hydrogen-bond acceptors (Lipinski definition) is 5. The zero-order valence-corrected chi connectivity index (χ0v) is 17.9. The van der Waals surface area contributed by atoms with Gasteiger partial charge in [0.15, 0.2) is 10.8 Å². The Bertz CT molecular complexity index is 1210. The fourth-order valence-corrected chi connectivity index (χ4v) is 4.90. The molecule has 1 saturated heterocycles. The number of aryl methyl sites for hydroxylation is 2. The second-order valence-corrected chi connectivity index (χ2v) is 8.61. The molecule has 2 aromatic carbocycles. The van der Waals surface area contributed by atoms with Gasteiger partial charge in [0, 0.05) is 31.7 Å². The van der Waals surface area contributed by atoms with Crippen LogP contribution < -0.4 is 4.90 Å². The molecule has 0 spiro atoms. The van der Waals surface area contributed by atoms with Crippen LogP contribution in [0.4, 0.5) is 5.13 Å². The van der Waals surface area contributed by atoms with Gasteiger partial charge in [0.25, 0.3) is 5.91 Å². The molecule has 1 aliphatic rings. The summed E-state index contributed by atoms with van der Waals surface area (Å²) in [6.07, 6.45) is 0. The molecule has 7 heteroatoms. The van der Waals surface area contributed by atoms with Crippen molar-refractivity contribution in [3.8, 4) is 5.69 Å². The molecule has 0 saturated carbocycles. The lowest BCUT2D eigenvalue weighted by molar-refractivity contribution is 0.0747. The van der Waals surface area contributed by atoms with Crippen LogP contribution in [0.2, 0.25) is 0 Å². The lowest BCUT2D eigenvalue weighted by Gasteiger charge is -2.34. The quantitative estimate of drug-likeness (QED) is 0.504. The summed E-state index contributed by atoms with van der Waals surface area (Å²) in [5.41, 5.74) is 4.88. The van der Waals surface area contributed by atoms with E-state index in [1.54, 1.807) is 11.3 Å². The lowest BCUT2D eigenvalue weighted by Crippen LogP contribution is -2.48. The smallest absolute Gasteiger partial charge is 0.253 e. The normalized spacial score (nSPS) is 14.5. The van der Waals surface area contributed by atoms with Gasteiger partial charge in [-0.3, -0.25) is 4.79 Å². The van der Waals surface area contributed by atoms with E-state index in [-0.39, 0.29) is 5.91 Å². The molecular weight excluding hydrogens is 394 g/mol. The summed E-state index contributed by atoms with van der Waals surface area (Å²) in [6.45, 7) is 7.09. The van der Waals surface area contributed by atoms with Crippen molar-refractivity contribution in [2.24, 2.45) is 0 Å². The maximum atomic E-state index is 12.7. The molecule has 0 N–H and O–H groups in total. The molecule has 0 aliphatic carbocycles. The van der Waals surface area contributed by atoms with Gasteiger partial charge in [-0.1, -0.05) is 41.7 Å². The first-order chi connectivity index (χ1) is 14.6. The Morgan fingerprint density at radius 1 is 0.967 bits per heavy atom. The summed E-state index contributed by atoms with van der Waals surface area (Å²) in [5, 5.41) is 5.71. The van der Waals surface area contributed by atoms with Gasteiger partial charge in [-0.25, -0.2) is 4.68 Å². The highest BCUT2D eigenvalue weighted by Crippen LogP contribution is 2.33. The second-order valence-electron chi connectivity index (χ2n) is 7.63. The highest BCUT2D eigenvalue weighted by molar-refractivity contribution is 7.22. The Morgan fingerprint density at radius 3 is 2.47 bits per heavy atom. The zero-order chi connectivity index (χ0) is 20.7. The minimum Gasteiger partial charge on any atom is -0.344 e. The molecule has 0 bridgehead atoms. The molecule has 0 atom stereocenters. The second kappa shape index (κ2) is 7.57. The summed E-state index contributed by atoms with van der Waals surface area (Å²) in [4.78, 5) is 21.8. The Balaban J connectivity index is 1.36. The summed E-state index contributed by atoms with van der Waals surface area (Å²) >= 11 is 1.68. The molecule has 2 aromatic heterocycles. The first-order valence-corrected chi connectivity index (χ1v) is 10.9. The van der Waals surface area contributed by atoms with E-state index in [0.29, 0.717) is 13.1 Å². The van der Waals surface area contributed by atoms with E-state index in [2.05, 4.69) is 30.0 Å². The summed E-state index contributed by atoms with van der Waals surface area (Å²) in [5.74, 6) is 0.102. The van der Waals surface area contributed by atoms with Gasteiger partial charge in [0.2, 0.25) is 0 Å². The number of anilines is 1. The van der Waals surface area contributed by atoms with Crippen LogP contribution in [-0.2, 0) is 0 Å². The van der Waals surface area contributed by atoms with Crippen LogP contribution in [0.25, 0.3) is 16.0 Å². The molecule has 1 aliphatic heterocycles. The van der Waals surface area contributed by atoms with Gasteiger partial charge in [0.1, 0.15) is 0 Å². The zero-order valence-electron chi connectivity index (χ0n) is 17.1. The van der Waals surface area contributed by atoms with Gasteiger partial charge in [-0.05, 0) is 43.7 Å². The number of amides is 1. The molecule has 30 heavy (non-hydrogen) atoms. The molecule has 5 rings (SSSR count). The SMILES string of the molecule is Cc1cccc(-n2nc(C)c3sc(N4CCN(C(=O)c5ccccc5)CC4)nc32)c1. The first-order valence-electron chi connectivity index (χ1n) is 10.1. The minimum absolute atomic E-state index is 0.102. The van der Waals surface area contributed by atoms with Crippen molar-refractivity contribution in [1.29, 1.82) is 0 Å². The van der Waals surface area contributed by atoms with E-state index >= 15 is 0 Å². The topological polar surface area (TPSA) is 54.3 Å². The fourth-order valence-electron chi connectivity index (χ4n) is 3.86. The molecule has 1 fully saturated rings. The first kappa shape index (κ1) is 18.8. The Labute approximate surface area is 179 Å². The van der Waals surface area contributed by atoms with E-state index in [4.69, 9.17) is 10.1 Å². The van der Waals surface area contributed by atoms with Crippen LogP contribution in [0.1, 0.15) is 21.6 Å². The molecule has 6 nitrogen and oxygen atoms in total.